The number of hydrogen-bond donors (Lipinski definition) is 1. The molecule has 2 saturated heterocycles. The molecule has 1 aromatic carbocycles. The van der Waals surface area contributed by atoms with Crippen LogP contribution in [0.2, 0.25) is 0 Å². The summed E-state index contributed by atoms with van der Waals surface area (Å²) in [5, 5.41) is 2.88. The van der Waals surface area contributed by atoms with Crippen LogP contribution in [0.1, 0.15) is 41.0 Å². The van der Waals surface area contributed by atoms with Crippen LogP contribution in [0.15, 0.2) is 36.0 Å². The van der Waals surface area contributed by atoms with Gasteiger partial charge < -0.3 is 29.2 Å². The van der Waals surface area contributed by atoms with Gasteiger partial charge in [0.1, 0.15) is 17.5 Å². The predicted molar refractivity (Wildman–Crippen MR) is 111 cm³/mol. The molecule has 0 aliphatic carbocycles. The van der Waals surface area contributed by atoms with E-state index in [-0.39, 0.29) is 17.8 Å². The van der Waals surface area contributed by atoms with E-state index in [2.05, 4.69) is 5.32 Å². The number of ether oxygens (including phenoxy) is 4. The summed E-state index contributed by atoms with van der Waals surface area (Å²) in [5.74, 6) is -2.12. The second-order valence-corrected chi connectivity index (χ2v) is 8.86. The van der Waals surface area contributed by atoms with E-state index in [1.54, 1.807) is 29.2 Å². The number of esters is 2. The van der Waals surface area contributed by atoms with Crippen molar-refractivity contribution in [2.24, 2.45) is 0 Å². The Kier molecular flexibility index (Phi) is 6.15. The first-order valence-corrected chi connectivity index (χ1v) is 10.1. The molecule has 9 heteroatoms. The Morgan fingerprint density at radius 3 is 2.35 bits per heavy atom. The first-order valence-electron chi connectivity index (χ1n) is 10.1. The second kappa shape index (κ2) is 8.49. The van der Waals surface area contributed by atoms with Crippen LogP contribution in [0.4, 0.5) is 10.5 Å². The van der Waals surface area contributed by atoms with Gasteiger partial charge >= 0.3 is 18.0 Å². The third kappa shape index (κ3) is 6.13. The molecule has 2 aliphatic rings. The Balaban J connectivity index is 1.53. The van der Waals surface area contributed by atoms with Crippen molar-refractivity contribution < 1.29 is 33.3 Å². The van der Waals surface area contributed by atoms with Gasteiger partial charge in [0.05, 0.1) is 6.54 Å². The summed E-state index contributed by atoms with van der Waals surface area (Å²) in [6.07, 6.45) is 1.51. The van der Waals surface area contributed by atoms with Crippen molar-refractivity contribution in [1.29, 1.82) is 0 Å². The molecule has 0 radical (unpaired) electrons. The minimum atomic E-state index is -1.27. The summed E-state index contributed by atoms with van der Waals surface area (Å²) in [5.41, 5.74) is -0.102. The number of carbonyl (C=O) groups excluding carboxylic acids is 3. The second-order valence-electron chi connectivity index (χ2n) is 8.86. The summed E-state index contributed by atoms with van der Waals surface area (Å²) in [6, 6.07) is 7.02. The molecule has 2 heterocycles. The fraction of sp³-hybridized carbons (Fsp3) is 0.500. The molecule has 9 nitrogen and oxygen atoms in total. The minimum absolute atomic E-state index is 0.122. The van der Waals surface area contributed by atoms with Crippen LogP contribution in [0.5, 0.6) is 5.75 Å². The number of nitrogens with one attached hydrogen (secondary N) is 1. The average molecular weight is 432 g/mol. The molecular formula is C22H28N2O7. The van der Waals surface area contributed by atoms with Gasteiger partial charge in [-0.3, -0.25) is 0 Å². The Morgan fingerprint density at radius 2 is 1.77 bits per heavy atom. The smallest absolute Gasteiger partial charge is 0.410 e. The standard InChI is InChI=1S/C22H28N2O7/c1-21(2,3)31-20(27)24-11-10-16(13-24)28-15-8-6-14(7-9-15)23-12-17-18(25)29-22(4,5)30-19(17)26/h6-9,12,16,23H,10-11,13H2,1-5H3. The summed E-state index contributed by atoms with van der Waals surface area (Å²) >= 11 is 0. The number of nitrogens with zero attached hydrogens (tertiary/aromatic N) is 1. The molecule has 2 fully saturated rings. The molecule has 1 amide bonds. The van der Waals surface area contributed by atoms with E-state index < -0.39 is 23.3 Å². The zero-order valence-corrected chi connectivity index (χ0v) is 18.4. The van der Waals surface area contributed by atoms with Crippen molar-refractivity contribution in [3.8, 4) is 5.75 Å². The molecule has 168 valence electrons. The topological polar surface area (TPSA) is 103 Å². The monoisotopic (exact) mass is 432 g/mol. The molecule has 2 aliphatic heterocycles. The molecule has 3 rings (SSSR count). The average Bonchev–Trinajstić information content (AvgIpc) is 3.09. The molecule has 0 spiro atoms. The van der Waals surface area contributed by atoms with Gasteiger partial charge in [-0.15, -0.1) is 0 Å². The summed E-state index contributed by atoms with van der Waals surface area (Å²) in [7, 11) is 0. The fourth-order valence-electron chi connectivity index (χ4n) is 3.07. The van der Waals surface area contributed by atoms with E-state index in [9.17, 15) is 14.4 Å². The third-order valence-electron chi connectivity index (χ3n) is 4.45. The van der Waals surface area contributed by atoms with Crippen molar-refractivity contribution in [3.63, 3.8) is 0 Å². The predicted octanol–water partition coefficient (Wildman–Crippen LogP) is 3.21. The first-order chi connectivity index (χ1) is 14.4. The summed E-state index contributed by atoms with van der Waals surface area (Å²) < 4.78 is 21.4. The van der Waals surface area contributed by atoms with Gasteiger partial charge in [-0.25, -0.2) is 14.4 Å². The van der Waals surface area contributed by atoms with E-state index in [0.717, 1.165) is 0 Å². The lowest BCUT2D eigenvalue weighted by molar-refractivity contribution is -0.222. The van der Waals surface area contributed by atoms with E-state index in [0.29, 0.717) is 30.9 Å². The van der Waals surface area contributed by atoms with Gasteiger partial charge in [0.2, 0.25) is 0 Å². The maximum atomic E-state index is 12.2. The molecule has 0 aromatic heterocycles. The van der Waals surface area contributed by atoms with Gasteiger partial charge in [-0.05, 0) is 45.0 Å². The highest BCUT2D eigenvalue weighted by molar-refractivity contribution is 6.15. The van der Waals surface area contributed by atoms with Crippen LogP contribution in [-0.2, 0) is 23.8 Å². The highest BCUT2D eigenvalue weighted by atomic mass is 16.7. The van der Waals surface area contributed by atoms with Crippen LogP contribution in [-0.4, -0.2) is 53.5 Å². The van der Waals surface area contributed by atoms with E-state index >= 15 is 0 Å². The fourth-order valence-corrected chi connectivity index (χ4v) is 3.07. The molecule has 1 unspecified atom stereocenters. The van der Waals surface area contributed by atoms with Crippen LogP contribution in [0.25, 0.3) is 0 Å². The maximum absolute atomic E-state index is 12.2. The largest absolute Gasteiger partial charge is 0.489 e. The number of likely N-dealkylation sites (tertiary alicyclic amines) is 1. The van der Waals surface area contributed by atoms with Crippen molar-refractivity contribution in [2.45, 2.75) is 58.5 Å². The number of benzene rings is 1. The van der Waals surface area contributed by atoms with Crippen molar-refractivity contribution in [3.05, 3.63) is 36.0 Å². The SMILES string of the molecule is CC(C)(C)OC(=O)N1CCC(Oc2ccc(NC=C3C(=O)OC(C)(C)OC3=O)cc2)C1. The summed E-state index contributed by atoms with van der Waals surface area (Å²) in [6.45, 7) is 9.52. The lowest BCUT2D eigenvalue weighted by atomic mass is 10.2. The van der Waals surface area contributed by atoms with E-state index in [4.69, 9.17) is 18.9 Å². The zero-order chi connectivity index (χ0) is 22.8. The Bertz CT molecular complexity index is 862. The van der Waals surface area contributed by atoms with Crippen LogP contribution in [0.3, 0.4) is 0 Å². The van der Waals surface area contributed by atoms with Crippen LogP contribution in [0, 0.1) is 0 Å². The first kappa shape index (κ1) is 22.5. The number of carbonyl (C=O) groups is 3. The van der Waals surface area contributed by atoms with Gasteiger partial charge in [0.25, 0.3) is 5.79 Å². The number of rotatable bonds is 4. The Labute approximate surface area is 181 Å². The van der Waals surface area contributed by atoms with Gasteiger partial charge in [0.15, 0.2) is 5.57 Å². The van der Waals surface area contributed by atoms with E-state index in [1.807, 2.05) is 20.8 Å². The third-order valence-corrected chi connectivity index (χ3v) is 4.45. The molecule has 1 aromatic rings. The van der Waals surface area contributed by atoms with Crippen LogP contribution < -0.4 is 10.1 Å². The highest BCUT2D eigenvalue weighted by Crippen LogP contribution is 2.24. The van der Waals surface area contributed by atoms with Gasteiger partial charge in [-0.1, -0.05) is 0 Å². The highest BCUT2D eigenvalue weighted by Gasteiger charge is 2.39. The van der Waals surface area contributed by atoms with Crippen LogP contribution >= 0.6 is 0 Å². The van der Waals surface area contributed by atoms with Gasteiger partial charge in [-0.2, -0.15) is 0 Å². The molecule has 0 bridgehead atoms. The normalized spacial score (nSPS) is 20.6. The molecular weight excluding hydrogens is 404 g/mol. The number of amides is 1. The minimum Gasteiger partial charge on any atom is -0.489 e. The summed E-state index contributed by atoms with van der Waals surface area (Å²) in [4.78, 5) is 37.7. The Hall–Kier alpha value is -3.23. The number of anilines is 1. The number of cyclic esters (lactones) is 2. The molecule has 31 heavy (non-hydrogen) atoms. The quantitative estimate of drug-likeness (QED) is 0.440. The van der Waals surface area contributed by atoms with E-state index in [1.165, 1.54) is 20.0 Å². The molecule has 0 saturated carbocycles. The van der Waals surface area contributed by atoms with Crippen molar-refractivity contribution in [2.75, 3.05) is 18.4 Å². The Morgan fingerprint density at radius 1 is 1.16 bits per heavy atom. The van der Waals surface area contributed by atoms with Crippen molar-refractivity contribution in [1.82, 2.24) is 4.90 Å². The maximum Gasteiger partial charge on any atom is 0.410 e. The lowest BCUT2D eigenvalue weighted by Gasteiger charge is -2.29. The van der Waals surface area contributed by atoms with Crippen molar-refractivity contribution >= 4 is 23.7 Å². The lowest BCUT2D eigenvalue weighted by Crippen LogP contribution is -2.42. The van der Waals surface area contributed by atoms with Gasteiger partial charge in [0, 0.05) is 38.7 Å². The molecule has 1 N–H and O–H groups in total. The number of hydrogen-bond acceptors (Lipinski definition) is 8. The molecule has 1 atom stereocenters. The zero-order valence-electron chi connectivity index (χ0n) is 18.4.